The first-order valence-electron chi connectivity index (χ1n) is 28.5. The fourth-order valence-corrected chi connectivity index (χ4v) is 13.7. The van der Waals surface area contributed by atoms with Crippen molar-refractivity contribution in [2.45, 2.75) is 95.3 Å². The lowest BCUT2D eigenvalue weighted by molar-refractivity contribution is -0.185. The van der Waals surface area contributed by atoms with Crippen LogP contribution in [0.4, 0.5) is 28.4 Å². The Balaban J connectivity index is 0.901. The van der Waals surface area contributed by atoms with Gasteiger partial charge in [0.15, 0.2) is 23.0 Å². The number of carbonyl (C=O) groups excluding carboxylic acids is 4. The summed E-state index contributed by atoms with van der Waals surface area (Å²) in [5, 5.41) is 5.28. The molecule has 2 atom stereocenters. The van der Waals surface area contributed by atoms with E-state index in [0.717, 1.165) is 71.7 Å². The minimum Gasteiger partial charge on any atom is -0.493 e. The molecule has 0 bridgehead atoms. The SMILES string of the molecule is COCCOCCOCCN(C(=O)CCC(C)(C)SSCCCC(=O)ON1CCCC1)c1cc(COc2cc3c(cc2OC)C(=O)N2c4ccccc4C[C@H]2C=N3)cc(COc2cc3c(cc2OC)C(=O)N2c4ccccc4CC2CN3)c1. The van der Waals surface area contributed by atoms with E-state index in [2.05, 4.69) is 25.2 Å². The minimum absolute atomic E-state index is 0.0407. The Labute approximate surface area is 493 Å². The highest BCUT2D eigenvalue weighted by Crippen LogP contribution is 2.44. The number of amides is 3. The number of methoxy groups -OCH3 is 3. The third-order valence-corrected chi connectivity index (χ3v) is 18.7. The lowest BCUT2D eigenvalue weighted by atomic mass is 10.1. The second-order valence-electron chi connectivity index (χ2n) is 21.7. The highest BCUT2D eigenvalue weighted by Gasteiger charge is 2.39. The lowest BCUT2D eigenvalue weighted by Gasteiger charge is -2.27. The van der Waals surface area contributed by atoms with Gasteiger partial charge in [-0.25, -0.2) is 0 Å². The molecule has 1 N–H and O–H groups in total. The Morgan fingerprint density at radius 1 is 0.723 bits per heavy atom. The van der Waals surface area contributed by atoms with Crippen molar-refractivity contribution in [3.05, 3.63) is 124 Å². The smallest absolute Gasteiger partial charge is 0.325 e. The molecule has 5 aromatic carbocycles. The van der Waals surface area contributed by atoms with E-state index < -0.39 is 0 Å². The van der Waals surface area contributed by atoms with E-state index in [9.17, 15) is 19.2 Å². The van der Waals surface area contributed by atoms with Crippen LogP contribution in [0.1, 0.15) is 95.3 Å². The second kappa shape index (κ2) is 27.7. The summed E-state index contributed by atoms with van der Waals surface area (Å²) in [7, 11) is 8.13. The average Bonchev–Trinajstić information content (AvgIpc) is 3.25. The summed E-state index contributed by atoms with van der Waals surface area (Å²) in [4.78, 5) is 71.6. The molecule has 0 saturated carbocycles. The maximum absolute atomic E-state index is 14.8. The number of nitrogens with one attached hydrogen (secondary N) is 1. The number of nitrogens with zero attached hydrogens (tertiary/aromatic N) is 5. The van der Waals surface area contributed by atoms with Crippen molar-refractivity contribution in [2.24, 2.45) is 4.99 Å². The summed E-state index contributed by atoms with van der Waals surface area (Å²) in [5.74, 6) is 1.77. The van der Waals surface area contributed by atoms with Crippen molar-refractivity contribution in [2.75, 3.05) is 106 Å². The predicted octanol–water partition coefficient (Wildman–Crippen LogP) is 10.4. The van der Waals surface area contributed by atoms with Gasteiger partial charge in [-0.1, -0.05) is 58.0 Å². The molecule has 18 nitrogen and oxygen atoms in total. The lowest BCUT2D eigenvalue weighted by Crippen LogP contribution is -2.39. The van der Waals surface area contributed by atoms with Crippen LogP contribution >= 0.6 is 21.6 Å². The molecule has 5 aliphatic rings. The van der Waals surface area contributed by atoms with Crippen LogP contribution in [0.3, 0.4) is 0 Å². The Morgan fingerprint density at radius 3 is 2.07 bits per heavy atom. The van der Waals surface area contributed by atoms with Crippen molar-refractivity contribution in [1.82, 2.24) is 5.06 Å². The number of hydrogen-bond donors (Lipinski definition) is 1. The molecule has 440 valence electrons. The molecule has 0 aromatic heterocycles. The van der Waals surface area contributed by atoms with Crippen LogP contribution in [0, 0.1) is 0 Å². The summed E-state index contributed by atoms with van der Waals surface area (Å²) in [6.45, 7) is 8.59. The van der Waals surface area contributed by atoms with Crippen LogP contribution in [0.5, 0.6) is 23.0 Å². The van der Waals surface area contributed by atoms with Crippen molar-refractivity contribution >= 4 is 79.9 Å². The quantitative estimate of drug-likeness (QED) is 0.0369. The third-order valence-electron chi connectivity index (χ3n) is 15.3. The van der Waals surface area contributed by atoms with Crippen LogP contribution < -0.4 is 39.0 Å². The van der Waals surface area contributed by atoms with Gasteiger partial charge in [0.05, 0.1) is 81.8 Å². The van der Waals surface area contributed by atoms with Gasteiger partial charge in [0.1, 0.15) is 13.2 Å². The molecular weight excluding hydrogens is 1100 g/mol. The monoisotopic (exact) mass is 1170 g/mol. The Kier molecular flexibility index (Phi) is 19.8. The minimum atomic E-state index is -0.276. The van der Waals surface area contributed by atoms with Gasteiger partial charge >= 0.3 is 5.97 Å². The number of hydroxylamine groups is 2. The summed E-state index contributed by atoms with van der Waals surface area (Å²) in [5.41, 5.74) is 8.07. The van der Waals surface area contributed by atoms with E-state index >= 15 is 0 Å². The standard InChI is InChI=1S/C63H74N6O12S2/c1-63(2,83-82-28-12-17-60(71)81-66-20-10-11-21-66)19-18-59(70)67(22-23-77-26-27-78-25-24-74-3)46-30-42(40-79-57-36-51-49(34-55(57)75-4)61(72)68-47(38-64-51)32-44-13-6-8-15-53(44)68)29-43(31-46)41-80-58-37-52-50(35-56(58)76-5)62(73)69-48(39-65-52)33-45-14-7-9-16-54(45)69/h6-9,13-16,29-31,34-38,47-48,65H,10-12,17-28,32-33,39-41H2,1-5H3/t47-,48?/m0/s1. The van der Waals surface area contributed by atoms with Crippen LogP contribution in [-0.4, -0.2) is 138 Å². The fourth-order valence-electron chi connectivity index (χ4n) is 11.0. The maximum Gasteiger partial charge on any atom is 0.325 e. The third kappa shape index (κ3) is 14.4. The van der Waals surface area contributed by atoms with Gasteiger partial charge < -0.3 is 53.1 Å². The van der Waals surface area contributed by atoms with Crippen molar-refractivity contribution in [3.63, 3.8) is 0 Å². The van der Waals surface area contributed by atoms with Gasteiger partial charge in [0, 0.05) is 98.5 Å². The second-order valence-corrected chi connectivity index (χ2v) is 24.8. The van der Waals surface area contributed by atoms with E-state index in [4.69, 9.17) is 43.0 Å². The molecule has 1 fully saturated rings. The number of benzene rings is 5. The van der Waals surface area contributed by atoms with Crippen molar-refractivity contribution in [1.29, 1.82) is 0 Å². The van der Waals surface area contributed by atoms with E-state index in [1.54, 1.807) is 68.9 Å². The topological polar surface area (TPSA) is 179 Å². The number of fused-ring (bicyclic) bond motifs is 8. The zero-order chi connectivity index (χ0) is 57.9. The van der Waals surface area contributed by atoms with Crippen LogP contribution in [0.2, 0.25) is 0 Å². The molecule has 5 aromatic rings. The van der Waals surface area contributed by atoms with E-state index in [-0.39, 0.29) is 73.3 Å². The molecule has 3 amide bonds. The molecule has 83 heavy (non-hydrogen) atoms. The number of carbonyl (C=O) groups is 4. The Hall–Kier alpha value is -6.81. The highest BCUT2D eigenvalue weighted by atomic mass is 33.1. The average molecular weight is 1170 g/mol. The normalized spacial score (nSPS) is 16.9. The molecule has 5 aliphatic heterocycles. The van der Waals surface area contributed by atoms with Gasteiger partial charge in [0.25, 0.3) is 11.8 Å². The number of aliphatic imine (C=N–C) groups is 1. The van der Waals surface area contributed by atoms with Crippen LogP contribution in [-0.2, 0) is 54.7 Å². The summed E-state index contributed by atoms with van der Waals surface area (Å²) in [6.07, 6.45) is 7.20. The first-order chi connectivity index (χ1) is 40.4. The predicted molar refractivity (Wildman–Crippen MR) is 325 cm³/mol. The number of para-hydroxylation sites is 2. The van der Waals surface area contributed by atoms with Crippen LogP contribution in [0.25, 0.3) is 0 Å². The van der Waals surface area contributed by atoms with E-state index in [1.807, 2.05) is 77.8 Å². The molecule has 0 radical (unpaired) electrons. The number of ether oxygens (including phenoxy) is 7. The molecule has 0 aliphatic carbocycles. The van der Waals surface area contributed by atoms with Crippen LogP contribution in [0.15, 0.2) is 96.0 Å². The zero-order valence-electron chi connectivity index (χ0n) is 48.0. The molecule has 20 heteroatoms. The first-order valence-corrected chi connectivity index (χ1v) is 30.9. The van der Waals surface area contributed by atoms with Crippen molar-refractivity contribution < 1.29 is 57.2 Å². The molecule has 10 rings (SSSR count). The molecule has 0 spiro atoms. The molecule has 1 saturated heterocycles. The Bertz CT molecular complexity index is 3170. The van der Waals surface area contributed by atoms with Gasteiger partial charge in [0.2, 0.25) is 5.91 Å². The van der Waals surface area contributed by atoms with Crippen molar-refractivity contribution in [3.8, 4) is 23.0 Å². The number of rotatable bonds is 28. The van der Waals surface area contributed by atoms with Gasteiger partial charge in [-0.3, -0.25) is 29.1 Å². The summed E-state index contributed by atoms with van der Waals surface area (Å²) in [6, 6.07) is 28.5. The van der Waals surface area contributed by atoms with Gasteiger partial charge in [-0.05, 0) is 111 Å². The number of hydrogen-bond acceptors (Lipinski definition) is 17. The molecule has 1 unspecified atom stereocenters. The maximum atomic E-state index is 14.8. The Morgan fingerprint density at radius 2 is 1.36 bits per heavy atom. The first kappa shape index (κ1) is 59.4. The summed E-state index contributed by atoms with van der Waals surface area (Å²) >= 11 is 0. The zero-order valence-corrected chi connectivity index (χ0v) is 49.6. The fraction of sp³-hybridized carbons (Fsp3) is 0.444. The van der Waals surface area contributed by atoms with E-state index in [1.165, 1.54) is 7.11 Å². The van der Waals surface area contributed by atoms with E-state index in [0.29, 0.717) is 110 Å². The molecular formula is C63H74N6O12S2. The number of anilines is 4. The largest absolute Gasteiger partial charge is 0.493 e. The van der Waals surface area contributed by atoms with Gasteiger partial charge in [-0.15, -0.1) is 5.06 Å². The summed E-state index contributed by atoms with van der Waals surface area (Å²) < 4.78 is 41.6. The van der Waals surface area contributed by atoms with Gasteiger partial charge in [-0.2, -0.15) is 0 Å². The molecule has 5 heterocycles. The highest BCUT2D eigenvalue weighted by molar-refractivity contribution is 8.77.